The van der Waals surface area contributed by atoms with Crippen LogP contribution >= 0.6 is 0 Å². The van der Waals surface area contributed by atoms with Gasteiger partial charge in [0.25, 0.3) is 0 Å². The van der Waals surface area contributed by atoms with Crippen molar-refractivity contribution in [3.63, 3.8) is 0 Å². The van der Waals surface area contributed by atoms with Crippen LogP contribution < -0.4 is 0 Å². The molecule has 0 fully saturated rings. The lowest BCUT2D eigenvalue weighted by Crippen LogP contribution is -2.31. The number of hydrogen-bond donors (Lipinski definition) is 1. The van der Waals surface area contributed by atoms with Gasteiger partial charge < -0.3 is 5.11 Å². The van der Waals surface area contributed by atoms with Crippen molar-refractivity contribution in [1.82, 2.24) is 19.4 Å². The van der Waals surface area contributed by atoms with Gasteiger partial charge in [-0.2, -0.15) is 0 Å². The second-order valence-electron chi connectivity index (χ2n) is 4.44. The lowest BCUT2D eigenvalue weighted by atomic mass is 10.2. The number of rotatable bonds is 5. The second kappa shape index (κ2) is 5.75. The molecule has 0 amide bonds. The summed E-state index contributed by atoms with van der Waals surface area (Å²) in [4.78, 5) is 10.5. The van der Waals surface area contributed by atoms with E-state index in [0.717, 1.165) is 17.9 Å². The number of imidazole rings is 1. The third kappa shape index (κ3) is 2.94. The number of nitrogens with zero attached hydrogens (tertiary/aromatic N) is 4. The van der Waals surface area contributed by atoms with Gasteiger partial charge in [0.2, 0.25) is 0 Å². The Hall–Kier alpha value is -1.72. The molecular weight excluding hydrogens is 228 g/mol. The molecule has 18 heavy (non-hydrogen) atoms. The molecule has 0 saturated carbocycles. The molecule has 0 aliphatic carbocycles. The van der Waals surface area contributed by atoms with Crippen LogP contribution in [0.15, 0.2) is 37.1 Å². The fraction of sp³-hybridized carbons (Fsp3) is 0.385. The van der Waals surface area contributed by atoms with Crippen LogP contribution in [0.3, 0.4) is 0 Å². The first-order valence-corrected chi connectivity index (χ1v) is 5.95. The van der Waals surface area contributed by atoms with Crippen LogP contribution in [0, 0.1) is 0 Å². The van der Waals surface area contributed by atoms with E-state index in [2.05, 4.69) is 14.9 Å². The van der Waals surface area contributed by atoms with Gasteiger partial charge in [0.15, 0.2) is 0 Å². The highest BCUT2D eigenvalue weighted by Gasteiger charge is 2.08. The quantitative estimate of drug-likeness (QED) is 0.857. The Kier molecular flexibility index (Phi) is 4.07. The third-order valence-corrected chi connectivity index (χ3v) is 3.03. The Morgan fingerprint density at radius 3 is 2.83 bits per heavy atom. The summed E-state index contributed by atoms with van der Waals surface area (Å²) in [7, 11) is 1.99. The fourth-order valence-corrected chi connectivity index (χ4v) is 1.64. The van der Waals surface area contributed by atoms with E-state index < -0.39 is 0 Å². The van der Waals surface area contributed by atoms with Gasteiger partial charge in [-0.15, -0.1) is 0 Å². The molecule has 0 radical (unpaired) electrons. The van der Waals surface area contributed by atoms with E-state index in [-0.39, 0.29) is 12.6 Å². The van der Waals surface area contributed by atoms with Gasteiger partial charge in [-0.25, -0.2) is 9.97 Å². The molecule has 5 nitrogen and oxygen atoms in total. The number of aromatic nitrogens is 3. The average molecular weight is 246 g/mol. The van der Waals surface area contributed by atoms with Gasteiger partial charge in [0.1, 0.15) is 12.1 Å². The van der Waals surface area contributed by atoms with Crippen molar-refractivity contribution in [1.29, 1.82) is 0 Å². The molecule has 1 atom stereocenters. The summed E-state index contributed by atoms with van der Waals surface area (Å²) in [5.41, 5.74) is 1.13. The molecule has 5 heteroatoms. The van der Waals surface area contributed by atoms with E-state index in [9.17, 15) is 0 Å². The zero-order valence-corrected chi connectivity index (χ0v) is 10.7. The predicted molar refractivity (Wildman–Crippen MR) is 69.4 cm³/mol. The highest BCUT2D eigenvalue weighted by molar-refractivity contribution is 5.25. The molecule has 2 rings (SSSR count). The maximum Gasteiger partial charge on any atom is 0.137 e. The summed E-state index contributed by atoms with van der Waals surface area (Å²) >= 11 is 0. The van der Waals surface area contributed by atoms with Crippen molar-refractivity contribution in [2.45, 2.75) is 19.5 Å². The molecule has 96 valence electrons. The molecule has 0 aliphatic rings. The zero-order valence-electron chi connectivity index (χ0n) is 10.7. The van der Waals surface area contributed by atoms with E-state index in [1.54, 1.807) is 12.5 Å². The van der Waals surface area contributed by atoms with Crippen molar-refractivity contribution in [2.24, 2.45) is 0 Å². The lowest BCUT2D eigenvalue weighted by Gasteiger charge is -2.22. The maximum atomic E-state index is 9.08. The molecule has 2 aromatic heterocycles. The van der Waals surface area contributed by atoms with Crippen LogP contribution in [0.1, 0.15) is 12.5 Å². The smallest absolute Gasteiger partial charge is 0.137 e. The van der Waals surface area contributed by atoms with Crippen LogP contribution in [-0.2, 0) is 6.54 Å². The molecule has 1 N–H and O–H groups in total. The topological polar surface area (TPSA) is 54.2 Å². The molecule has 0 aromatic carbocycles. The van der Waals surface area contributed by atoms with Crippen LogP contribution in [0.2, 0.25) is 0 Å². The Labute approximate surface area is 107 Å². The normalized spacial score (nSPS) is 12.9. The molecule has 2 heterocycles. The molecule has 0 spiro atoms. The summed E-state index contributed by atoms with van der Waals surface area (Å²) in [5.74, 6) is 0.856. The van der Waals surface area contributed by atoms with Crippen molar-refractivity contribution in [2.75, 3.05) is 13.7 Å². The molecular formula is C13H18N4O. The van der Waals surface area contributed by atoms with E-state index in [1.807, 2.05) is 43.1 Å². The highest BCUT2D eigenvalue weighted by atomic mass is 16.3. The van der Waals surface area contributed by atoms with Crippen molar-refractivity contribution in [3.8, 4) is 5.82 Å². The first-order chi connectivity index (χ1) is 8.70. The van der Waals surface area contributed by atoms with Gasteiger partial charge >= 0.3 is 0 Å². The number of aliphatic hydroxyl groups is 1. The van der Waals surface area contributed by atoms with Gasteiger partial charge in [-0.05, 0) is 25.6 Å². The number of pyridine rings is 1. The lowest BCUT2D eigenvalue weighted by molar-refractivity contribution is 0.154. The van der Waals surface area contributed by atoms with Crippen molar-refractivity contribution >= 4 is 0 Å². The Morgan fingerprint density at radius 1 is 1.44 bits per heavy atom. The molecule has 0 bridgehead atoms. The minimum Gasteiger partial charge on any atom is -0.395 e. The largest absolute Gasteiger partial charge is 0.395 e. The standard InChI is InChI=1S/C13H18N4O/c1-11(9-18)16(2)8-12-3-4-13(15-7-12)17-6-5-14-10-17/h3-7,10-11,18H,8-9H2,1-2H3. The van der Waals surface area contributed by atoms with Crippen LogP contribution in [0.25, 0.3) is 5.82 Å². The first-order valence-electron chi connectivity index (χ1n) is 5.95. The number of aliphatic hydroxyl groups excluding tert-OH is 1. The van der Waals surface area contributed by atoms with Gasteiger partial charge in [0.05, 0.1) is 6.61 Å². The molecule has 0 saturated heterocycles. The Balaban J connectivity index is 2.04. The Bertz CT molecular complexity index is 466. The van der Waals surface area contributed by atoms with E-state index >= 15 is 0 Å². The summed E-state index contributed by atoms with van der Waals surface area (Å²) in [6.07, 6.45) is 7.17. The Morgan fingerprint density at radius 2 is 2.28 bits per heavy atom. The van der Waals surface area contributed by atoms with Crippen molar-refractivity contribution in [3.05, 3.63) is 42.6 Å². The van der Waals surface area contributed by atoms with Crippen LogP contribution in [0.5, 0.6) is 0 Å². The summed E-state index contributed by atoms with van der Waals surface area (Å²) in [5, 5.41) is 9.08. The minimum atomic E-state index is 0.151. The maximum absolute atomic E-state index is 9.08. The fourth-order valence-electron chi connectivity index (χ4n) is 1.64. The average Bonchev–Trinajstić information content (AvgIpc) is 2.92. The molecule has 1 unspecified atom stereocenters. The molecule has 0 aliphatic heterocycles. The van der Waals surface area contributed by atoms with Crippen LogP contribution in [0.4, 0.5) is 0 Å². The van der Waals surface area contributed by atoms with Gasteiger partial charge in [-0.1, -0.05) is 6.07 Å². The molecule has 2 aromatic rings. The second-order valence-corrected chi connectivity index (χ2v) is 4.44. The highest BCUT2D eigenvalue weighted by Crippen LogP contribution is 2.08. The summed E-state index contributed by atoms with van der Waals surface area (Å²) in [6.45, 7) is 2.93. The van der Waals surface area contributed by atoms with Crippen molar-refractivity contribution < 1.29 is 5.11 Å². The van der Waals surface area contributed by atoms with Crippen LogP contribution in [-0.4, -0.2) is 44.2 Å². The van der Waals surface area contributed by atoms with E-state index in [0.29, 0.717) is 0 Å². The summed E-state index contributed by atoms with van der Waals surface area (Å²) < 4.78 is 1.86. The van der Waals surface area contributed by atoms with E-state index in [4.69, 9.17) is 5.11 Å². The van der Waals surface area contributed by atoms with Gasteiger partial charge in [-0.3, -0.25) is 9.47 Å². The minimum absolute atomic E-state index is 0.151. The van der Waals surface area contributed by atoms with Gasteiger partial charge in [0, 0.05) is 31.2 Å². The number of hydrogen-bond acceptors (Lipinski definition) is 4. The monoisotopic (exact) mass is 246 g/mol. The number of likely N-dealkylation sites (N-methyl/N-ethyl adjacent to an activating group) is 1. The SMILES string of the molecule is CC(CO)N(C)Cc1ccc(-n2ccnc2)nc1. The van der Waals surface area contributed by atoms with E-state index in [1.165, 1.54) is 0 Å². The summed E-state index contributed by atoms with van der Waals surface area (Å²) in [6, 6.07) is 4.16. The zero-order chi connectivity index (χ0) is 13.0. The third-order valence-electron chi connectivity index (χ3n) is 3.03. The first kappa shape index (κ1) is 12.7. The predicted octanol–water partition coefficient (Wildman–Crippen LogP) is 1.08.